The van der Waals surface area contributed by atoms with Gasteiger partial charge in [-0.1, -0.05) is 0 Å². The van der Waals surface area contributed by atoms with Gasteiger partial charge in [-0.25, -0.2) is 17.2 Å². The first-order valence-electron chi connectivity index (χ1n) is 11.4. The fourth-order valence-electron chi connectivity index (χ4n) is 4.73. The van der Waals surface area contributed by atoms with Gasteiger partial charge in [-0.2, -0.15) is 17.5 Å². The molecule has 1 aromatic rings. The van der Waals surface area contributed by atoms with Gasteiger partial charge in [-0.15, -0.1) is 0 Å². The van der Waals surface area contributed by atoms with Crippen LogP contribution in [-0.2, 0) is 14.8 Å². The van der Waals surface area contributed by atoms with Crippen molar-refractivity contribution in [1.29, 1.82) is 0 Å². The van der Waals surface area contributed by atoms with Gasteiger partial charge in [0.25, 0.3) is 0 Å². The summed E-state index contributed by atoms with van der Waals surface area (Å²) in [7, 11) is -4.88. The van der Waals surface area contributed by atoms with E-state index >= 15 is 0 Å². The monoisotopic (exact) mass is 511 g/mol. The SMILES string of the molecule is CC(C)N1CCN(C(=O)C2CCC(N(CC(F)(F)F)S(=O)(=O)c3ccc(F)cc3F)CC2)CC1. The number of halogens is 5. The van der Waals surface area contributed by atoms with Gasteiger partial charge in [0, 0.05) is 50.2 Å². The molecule has 0 bridgehead atoms. The van der Waals surface area contributed by atoms with Crippen LogP contribution in [0.25, 0.3) is 0 Å². The van der Waals surface area contributed by atoms with Gasteiger partial charge < -0.3 is 4.90 Å². The molecule has 0 aromatic heterocycles. The van der Waals surface area contributed by atoms with Crippen LogP contribution in [0, 0.1) is 17.6 Å². The molecule has 3 rings (SSSR count). The summed E-state index contributed by atoms with van der Waals surface area (Å²) in [6, 6.07) is 0.983. The highest BCUT2D eigenvalue weighted by Gasteiger charge is 2.43. The zero-order valence-electron chi connectivity index (χ0n) is 19.2. The standard InChI is InChI=1S/C22H30F5N3O3S/c1-15(2)28-9-11-29(12-10-28)21(31)16-3-6-18(7-4-16)30(14-22(25,26)27)34(32,33)20-8-5-17(23)13-19(20)24/h5,8,13,15-16,18H,3-4,6-7,9-12,14H2,1-2H3. The van der Waals surface area contributed by atoms with Gasteiger partial charge in [0.05, 0.1) is 0 Å². The topological polar surface area (TPSA) is 60.9 Å². The molecule has 1 aromatic carbocycles. The third kappa shape index (κ3) is 6.25. The second kappa shape index (κ2) is 10.4. The molecule has 1 amide bonds. The molecule has 6 nitrogen and oxygen atoms in total. The van der Waals surface area contributed by atoms with Crippen LogP contribution >= 0.6 is 0 Å². The largest absolute Gasteiger partial charge is 0.402 e. The van der Waals surface area contributed by atoms with Crippen molar-refractivity contribution in [2.45, 2.75) is 62.7 Å². The molecule has 1 saturated carbocycles. The predicted octanol–water partition coefficient (Wildman–Crippen LogP) is 3.63. The first-order valence-corrected chi connectivity index (χ1v) is 12.8. The van der Waals surface area contributed by atoms with E-state index in [-0.39, 0.29) is 41.8 Å². The fourth-order valence-corrected chi connectivity index (χ4v) is 6.44. The van der Waals surface area contributed by atoms with Crippen LogP contribution in [0.2, 0.25) is 0 Å². The molecule has 2 fully saturated rings. The van der Waals surface area contributed by atoms with Crippen molar-refractivity contribution < 1.29 is 35.2 Å². The van der Waals surface area contributed by atoms with E-state index < -0.39 is 45.3 Å². The number of hydrogen-bond acceptors (Lipinski definition) is 4. The molecule has 12 heteroatoms. The van der Waals surface area contributed by atoms with E-state index in [1.54, 1.807) is 4.90 Å². The van der Waals surface area contributed by atoms with E-state index in [4.69, 9.17) is 0 Å². The summed E-state index contributed by atoms with van der Waals surface area (Å²) in [4.78, 5) is 16.0. The smallest absolute Gasteiger partial charge is 0.340 e. The number of piperazine rings is 1. The van der Waals surface area contributed by atoms with Crippen LogP contribution in [0.15, 0.2) is 23.1 Å². The summed E-state index contributed by atoms with van der Waals surface area (Å²) in [5.74, 6) is -2.93. The Labute approximate surface area is 196 Å². The molecular formula is C22H30F5N3O3S. The summed E-state index contributed by atoms with van der Waals surface area (Å²) < 4.78 is 93.5. The van der Waals surface area contributed by atoms with E-state index in [1.165, 1.54) is 0 Å². The van der Waals surface area contributed by atoms with Crippen LogP contribution < -0.4 is 0 Å². The Morgan fingerprint density at radius 3 is 2.15 bits per heavy atom. The zero-order valence-corrected chi connectivity index (χ0v) is 20.0. The Balaban J connectivity index is 1.71. The van der Waals surface area contributed by atoms with Crippen LogP contribution in [0.1, 0.15) is 39.5 Å². The first kappa shape index (κ1) is 26.8. The Bertz CT molecular complexity index is 970. The summed E-state index contributed by atoms with van der Waals surface area (Å²) in [6.45, 7) is 5.03. The van der Waals surface area contributed by atoms with E-state index in [2.05, 4.69) is 18.7 Å². The normalized spacial score (nSPS) is 23.0. The molecule has 0 atom stereocenters. The van der Waals surface area contributed by atoms with Crippen LogP contribution in [-0.4, -0.2) is 79.4 Å². The highest BCUT2D eigenvalue weighted by atomic mass is 32.2. The van der Waals surface area contributed by atoms with Crippen molar-refractivity contribution in [3.63, 3.8) is 0 Å². The molecule has 192 valence electrons. The van der Waals surface area contributed by atoms with Crippen molar-refractivity contribution in [3.8, 4) is 0 Å². The minimum atomic E-state index is -4.88. The fraction of sp³-hybridized carbons (Fsp3) is 0.682. The third-order valence-electron chi connectivity index (χ3n) is 6.63. The van der Waals surface area contributed by atoms with Gasteiger partial charge >= 0.3 is 6.18 Å². The van der Waals surface area contributed by atoms with Crippen molar-refractivity contribution in [2.24, 2.45) is 5.92 Å². The van der Waals surface area contributed by atoms with Gasteiger partial charge in [0.1, 0.15) is 23.1 Å². The molecule has 1 heterocycles. The molecule has 34 heavy (non-hydrogen) atoms. The number of benzene rings is 1. The number of carbonyl (C=O) groups is 1. The maximum absolute atomic E-state index is 14.2. The van der Waals surface area contributed by atoms with Gasteiger partial charge in [0.15, 0.2) is 0 Å². The lowest BCUT2D eigenvalue weighted by atomic mass is 9.85. The number of carbonyl (C=O) groups excluding carboxylic acids is 1. The maximum Gasteiger partial charge on any atom is 0.402 e. The van der Waals surface area contributed by atoms with Crippen molar-refractivity contribution >= 4 is 15.9 Å². The molecule has 1 aliphatic carbocycles. The molecule has 0 N–H and O–H groups in total. The van der Waals surface area contributed by atoms with Gasteiger partial charge in [-0.05, 0) is 51.7 Å². The third-order valence-corrected chi connectivity index (χ3v) is 8.56. The Hall–Kier alpha value is -1.79. The molecule has 0 radical (unpaired) electrons. The molecule has 1 aliphatic heterocycles. The van der Waals surface area contributed by atoms with Crippen LogP contribution in [0.3, 0.4) is 0 Å². The lowest BCUT2D eigenvalue weighted by molar-refractivity contribution is -0.144. The van der Waals surface area contributed by atoms with Crippen LogP contribution in [0.5, 0.6) is 0 Å². The molecular weight excluding hydrogens is 481 g/mol. The average molecular weight is 512 g/mol. The zero-order chi connectivity index (χ0) is 25.3. The van der Waals surface area contributed by atoms with E-state index in [1.807, 2.05) is 0 Å². The first-order chi connectivity index (χ1) is 15.8. The molecule has 1 saturated heterocycles. The molecule has 0 spiro atoms. The second-order valence-electron chi connectivity index (χ2n) is 9.20. The lowest BCUT2D eigenvalue weighted by Crippen LogP contribution is -2.53. The number of hydrogen-bond donors (Lipinski definition) is 0. The van der Waals surface area contributed by atoms with Crippen molar-refractivity contribution in [2.75, 3.05) is 32.7 Å². The summed E-state index contributed by atoms with van der Waals surface area (Å²) in [5, 5.41) is 0. The van der Waals surface area contributed by atoms with E-state index in [0.717, 1.165) is 13.1 Å². The minimum Gasteiger partial charge on any atom is -0.340 e. The van der Waals surface area contributed by atoms with Gasteiger partial charge in [-0.3, -0.25) is 9.69 Å². The second-order valence-corrected chi connectivity index (χ2v) is 11.1. The quantitative estimate of drug-likeness (QED) is 0.548. The minimum absolute atomic E-state index is 0.0422. The Morgan fingerprint density at radius 1 is 1.06 bits per heavy atom. The van der Waals surface area contributed by atoms with Crippen molar-refractivity contribution in [1.82, 2.24) is 14.1 Å². The Morgan fingerprint density at radius 2 is 1.65 bits per heavy atom. The average Bonchev–Trinajstić information content (AvgIpc) is 2.76. The summed E-state index contributed by atoms with van der Waals surface area (Å²) >= 11 is 0. The molecule has 0 unspecified atom stereocenters. The van der Waals surface area contributed by atoms with E-state index in [0.29, 0.717) is 37.3 Å². The number of sulfonamides is 1. The van der Waals surface area contributed by atoms with E-state index in [9.17, 15) is 35.2 Å². The number of nitrogens with zero attached hydrogens (tertiary/aromatic N) is 3. The maximum atomic E-state index is 14.2. The number of rotatable bonds is 6. The van der Waals surface area contributed by atoms with Crippen molar-refractivity contribution in [3.05, 3.63) is 29.8 Å². The molecule has 2 aliphatic rings. The lowest BCUT2D eigenvalue weighted by Gasteiger charge is -2.40. The highest BCUT2D eigenvalue weighted by Crippen LogP contribution is 2.35. The van der Waals surface area contributed by atoms with Crippen LogP contribution in [0.4, 0.5) is 22.0 Å². The number of alkyl halides is 3. The Kier molecular flexibility index (Phi) is 8.24. The van der Waals surface area contributed by atoms with Gasteiger partial charge in [0.2, 0.25) is 15.9 Å². The number of amides is 1. The highest BCUT2D eigenvalue weighted by molar-refractivity contribution is 7.89. The predicted molar refractivity (Wildman–Crippen MR) is 115 cm³/mol. The summed E-state index contributed by atoms with van der Waals surface area (Å²) in [5.41, 5.74) is 0. The summed E-state index contributed by atoms with van der Waals surface area (Å²) in [6.07, 6.45) is -4.29.